The van der Waals surface area contributed by atoms with Gasteiger partial charge in [-0.1, -0.05) is 11.6 Å². The van der Waals surface area contributed by atoms with Crippen LogP contribution in [0.4, 0.5) is 11.8 Å². The van der Waals surface area contributed by atoms with Crippen LogP contribution in [0.2, 0.25) is 5.02 Å². The van der Waals surface area contributed by atoms with Crippen molar-refractivity contribution < 1.29 is 9.32 Å². The van der Waals surface area contributed by atoms with Crippen LogP contribution in [-0.2, 0) is 10.8 Å². The zero-order chi connectivity index (χ0) is 21.9. The van der Waals surface area contributed by atoms with Gasteiger partial charge in [-0.3, -0.25) is 4.21 Å². The van der Waals surface area contributed by atoms with Crippen molar-refractivity contribution in [1.82, 2.24) is 19.9 Å². The van der Waals surface area contributed by atoms with Gasteiger partial charge in [0.25, 0.3) is 0 Å². The largest absolute Gasteiger partial charge is 0.394 e. The van der Waals surface area contributed by atoms with Crippen LogP contribution in [-0.4, -0.2) is 66.8 Å². The minimum atomic E-state index is -1.09. The summed E-state index contributed by atoms with van der Waals surface area (Å²) < 4.78 is 12.7. The van der Waals surface area contributed by atoms with E-state index in [0.29, 0.717) is 45.9 Å². The first-order valence-corrected chi connectivity index (χ1v) is 13.1. The lowest BCUT2D eigenvalue weighted by Crippen LogP contribution is -2.59. The molecule has 1 saturated heterocycles. The topological polar surface area (TPSA) is 95.3 Å². The zero-order valence-electron chi connectivity index (χ0n) is 17.9. The molecule has 3 atom stereocenters. The number of aliphatic hydroxyl groups is 1. The summed E-state index contributed by atoms with van der Waals surface area (Å²) in [7, 11) is -1.09. The van der Waals surface area contributed by atoms with Gasteiger partial charge in [0.2, 0.25) is 5.95 Å². The Hall–Kier alpha value is -1.84. The third kappa shape index (κ3) is 3.23. The molecule has 2 saturated carbocycles. The monoisotopic (exact) mass is 474 g/mol. The summed E-state index contributed by atoms with van der Waals surface area (Å²) in [4.78, 5) is 23.8. The van der Waals surface area contributed by atoms with Crippen LogP contribution in [0.3, 0.4) is 0 Å². The molecule has 0 spiro atoms. The van der Waals surface area contributed by atoms with E-state index in [9.17, 15) is 9.32 Å². The van der Waals surface area contributed by atoms with Crippen molar-refractivity contribution in [3.05, 3.63) is 29.4 Å². The molecule has 170 valence electrons. The van der Waals surface area contributed by atoms with E-state index < -0.39 is 10.8 Å². The Bertz CT molecular complexity index is 1030. The van der Waals surface area contributed by atoms with E-state index in [1.54, 1.807) is 18.6 Å². The summed E-state index contributed by atoms with van der Waals surface area (Å²) in [6.45, 7) is 2.49. The molecule has 2 bridgehead atoms. The SMILES string of the molecule is O=S1CCN(C2(CO)CCC2)c2nc(N3CC4CCC(C3)C4c3ncc(Cl)cn3)ncc21. The van der Waals surface area contributed by atoms with Crippen molar-refractivity contribution in [2.75, 3.05) is 41.8 Å². The maximum absolute atomic E-state index is 12.7. The summed E-state index contributed by atoms with van der Waals surface area (Å²) in [6.07, 6.45) is 10.4. The zero-order valence-corrected chi connectivity index (χ0v) is 19.4. The first-order valence-electron chi connectivity index (χ1n) is 11.4. The van der Waals surface area contributed by atoms with Crippen LogP contribution >= 0.6 is 11.6 Å². The molecule has 10 heteroatoms. The molecule has 32 heavy (non-hydrogen) atoms. The van der Waals surface area contributed by atoms with Crippen molar-refractivity contribution in [2.24, 2.45) is 11.8 Å². The second kappa shape index (κ2) is 7.88. The lowest BCUT2D eigenvalue weighted by atomic mass is 9.76. The van der Waals surface area contributed by atoms with E-state index in [0.717, 1.165) is 56.8 Å². The molecule has 2 aliphatic heterocycles. The molecule has 2 aromatic rings. The second-order valence-electron chi connectivity index (χ2n) is 9.58. The first kappa shape index (κ1) is 20.7. The van der Waals surface area contributed by atoms with E-state index in [2.05, 4.69) is 24.8 Å². The van der Waals surface area contributed by atoms with Gasteiger partial charge in [-0.15, -0.1) is 0 Å². The Morgan fingerprint density at radius 2 is 1.84 bits per heavy atom. The number of anilines is 2. The molecular weight excluding hydrogens is 448 g/mol. The van der Waals surface area contributed by atoms with Gasteiger partial charge in [-0.25, -0.2) is 15.0 Å². The molecule has 3 fully saturated rings. The first-order chi connectivity index (χ1) is 15.6. The van der Waals surface area contributed by atoms with Gasteiger partial charge in [0, 0.05) is 43.7 Å². The lowest BCUT2D eigenvalue weighted by Gasteiger charge is -2.51. The maximum Gasteiger partial charge on any atom is 0.227 e. The van der Waals surface area contributed by atoms with E-state index in [1.807, 2.05) is 0 Å². The number of aromatic nitrogens is 4. The van der Waals surface area contributed by atoms with Gasteiger partial charge in [0.05, 0.1) is 39.1 Å². The van der Waals surface area contributed by atoms with Gasteiger partial charge >= 0.3 is 0 Å². The Morgan fingerprint density at radius 3 is 2.47 bits per heavy atom. The highest BCUT2D eigenvalue weighted by Gasteiger charge is 2.47. The van der Waals surface area contributed by atoms with Gasteiger partial charge in [0.1, 0.15) is 5.82 Å². The molecule has 8 nitrogen and oxygen atoms in total. The fourth-order valence-corrected chi connectivity index (χ4v) is 7.31. The Labute approximate surface area is 194 Å². The highest BCUT2D eigenvalue weighted by Crippen LogP contribution is 2.48. The molecule has 0 aromatic carbocycles. The Morgan fingerprint density at radius 1 is 1.12 bits per heavy atom. The van der Waals surface area contributed by atoms with Crippen LogP contribution in [0, 0.1) is 11.8 Å². The predicted molar refractivity (Wildman–Crippen MR) is 123 cm³/mol. The van der Waals surface area contributed by atoms with Gasteiger partial charge in [-0.2, -0.15) is 4.98 Å². The smallest absolute Gasteiger partial charge is 0.227 e. The summed E-state index contributed by atoms with van der Waals surface area (Å²) >= 11 is 5.99. The number of hydrogen-bond acceptors (Lipinski definition) is 8. The summed E-state index contributed by atoms with van der Waals surface area (Å²) in [5, 5.41) is 10.7. The number of rotatable bonds is 4. The van der Waals surface area contributed by atoms with E-state index in [-0.39, 0.29) is 12.1 Å². The third-order valence-electron chi connectivity index (χ3n) is 7.93. The van der Waals surface area contributed by atoms with E-state index in [1.165, 1.54) is 0 Å². The normalized spacial score (nSPS) is 30.7. The molecule has 6 rings (SSSR count). The van der Waals surface area contributed by atoms with Crippen molar-refractivity contribution in [3.63, 3.8) is 0 Å². The molecule has 2 aliphatic carbocycles. The number of aliphatic hydroxyl groups excluding tert-OH is 1. The molecule has 3 unspecified atom stereocenters. The minimum absolute atomic E-state index is 0.106. The maximum atomic E-state index is 12.7. The van der Waals surface area contributed by atoms with Crippen LogP contribution < -0.4 is 9.80 Å². The summed E-state index contributed by atoms with van der Waals surface area (Å²) in [6, 6.07) is 0. The van der Waals surface area contributed by atoms with Crippen LogP contribution in [0.5, 0.6) is 0 Å². The summed E-state index contributed by atoms with van der Waals surface area (Å²) in [5.74, 6) is 4.16. The van der Waals surface area contributed by atoms with E-state index >= 15 is 0 Å². The molecule has 1 N–H and O–H groups in total. The lowest BCUT2D eigenvalue weighted by molar-refractivity contribution is 0.115. The number of piperidine rings is 1. The standard InChI is InChI=1S/C22H27ClN6O2S/c23-16-8-24-19(25-9-16)18-14-2-3-15(18)12-28(11-14)21-26-10-17-20(27-21)29(6-7-32(17)31)22(13-30)4-1-5-22/h8-10,14-15,18,30H,1-7,11-13H2. The quantitative estimate of drug-likeness (QED) is 0.721. The highest BCUT2D eigenvalue weighted by atomic mass is 35.5. The Kier molecular flexibility index (Phi) is 5.11. The number of nitrogens with zero attached hydrogens (tertiary/aromatic N) is 6. The van der Waals surface area contributed by atoms with Crippen molar-refractivity contribution in [3.8, 4) is 0 Å². The van der Waals surface area contributed by atoms with Crippen molar-refractivity contribution >= 4 is 34.2 Å². The third-order valence-corrected chi connectivity index (χ3v) is 9.46. The van der Waals surface area contributed by atoms with Crippen molar-refractivity contribution in [1.29, 1.82) is 0 Å². The molecule has 4 heterocycles. The predicted octanol–water partition coefficient (Wildman–Crippen LogP) is 2.39. The average molecular weight is 475 g/mol. The highest BCUT2D eigenvalue weighted by molar-refractivity contribution is 7.85. The Balaban J connectivity index is 1.29. The molecule has 0 amide bonds. The fraction of sp³-hybridized carbons (Fsp3) is 0.636. The van der Waals surface area contributed by atoms with Gasteiger partial charge < -0.3 is 14.9 Å². The number of halogens is 1. The number of hydrogen-bond donors (Lipinski definition) is 1. The second-order valence-corrected chi connectivity index (χ2v) is 11.6. The minimum Gasteiger partial charge on any atom is -0.394 e. The molecule has 4 aliphatic rings. The van der Waals surface area contributed by atoms with E-state index in [4.69, 9.17) is 16.6 Å². The fourth-order valence-electron chi connectivity index (χ4n) is 6.11. The van der Waals surface area contributed by atoms with Crippen LogP contribution in [0.15, 0.2) is 23.5 Å². The van der Waals surface area contributed by atoms with Gasteiger partial charge in [0.15, 0.2) is 5.82 Å². The van der Waals surface area contributed by atoms with Crippen molar-refractivity contribution in [2.45, 2.75) is 48.5 Å². The molecular formula is C22H27ClN6O2S. The summed E-state index contributed by atoms with van der Waals surface area (Å²) in [5.41, 5.74) is -0.261. The number of fused-ring (bicyclic) bond motifs is 3. The van der Waals surface area contributed by atoms with Crippen LogP contribution in [0.1, 0.15) is 43.8 Å². The van der Waals surface area contributed by atoms with Crippen LogP contribution in [0.25, 0.3) is 0 Å². The molecule has 2 aromatic heterocycles. The molecule has 0 radical (unpaired) electrons. The van der Waals surface area contributed by atoms with Gasteiger partial charge in [-0.05, 0) is 43.9 Å². The average Bonchev–Trinajstić information content (AvgIpc) is 3.04.